The van der Waals surface area contributed by atoms with Crippen LogP contribution < -0.4 is 4.74 Å². The van der Waals surface area contributed by atoms with E-state index in [1.165, 1.54) is 0 Å². The Morgan fingerprint density at radius 3 is 2.86 bits per heavy atom. The third kappa shape index (κ3) is 3.10. The third-order valence-corrected chi connectivity index (χ3v) is 2.12. The molecule has 0 spiro atoms. The maximum absolute atomic E-state index is 5.48. The first-order valence-corrected chi connectivity index (χ1v) is 4.81. The first kappa shape index (κ1) is 10.6. The fourth-order valence-electron chi connectivity index (χ4n) is 0.897. The lowest BCUT2D eigenvalue weighted by Crippen LogP contribution is -2.07. The Hall–Kier alpha value is -1.49. The smallest absolute Gasteiger partial charge is 0.213 e. The third-order valence-electron chi connectivity index (χ3n) is 2.12. The van der Waals surface area contributed by atoms with Crippen molar-refractivity contribution in [3.05, 3.63) is 23.9 Å². The second kappa shape index (κ2) is 5.29. The van der Waals surface area contributed by atoms with E-state index in [-0.39, 0.29) is 0 Å². The number of ether oxygens (including phenoxy) is 1. The molecule has 14 heavy (non-hydrogen) atoms. The monoisotopic (exact) mass is 189 g/mol. The molecule has 0 amide bonds. The first-order valence-electron chi connectivity index (χ1n) is 4.81. The van der Waals surface area contributed by atoms with Gasteiger partial charge in [0.25, 0.3) is 0 Å². The summed E-state index contributed by atoms with van der Waals surface area (Å²) in [6, 6.07) is 3.64. The lowest BCUT2D eigenvalue weighted by molar-refractivity contribution is 0.248. The number of aromatic nitrogens is 1. The SMILES string of the molecule is C#Cc1ccc(OC[C@@H](C)CC)nc1. The van der Waals surface area contributed by atoms with Crippen molar-refractivity contribution >= 4 is 0 Å². The van der Waals surface area contributed by atoms with Crippen molar-refractivity contribution in [2.45, 2.75) is 20.3 Å². The number of pyridine rings is 1. The number of hydrogen-bond acceptors (Lipinski definition) is 2. The van der Waals surface area contributed by atoms with Crippen molar-refractivity contribution in [2.24, 2.45) is 5.92 Å². The molecule has 0 unspecified atom stereocenters. The Morgan fingerprint density at radius 2 is 2.36 bits per heavy atom. The minimum Gasteiger partial charge on any atom is -0.477 e. The molecule has 2 heteroatoms. The minimum absolute atomic E-state index is 0.559. The molecule has 1 heterocycles. The molecule has 0 radical (unpaired) electrons. The number of rotatable bonds is 4. The lowest BCUT2D eigenvalue weighted by Gasteiger charge is -2.09. The molecule has 0 saturated heterocycles. The van der Waals surface area contributed by atoms with Crippen LogP contribution >= 0.6 is 0 Å². The zero-order valence-electron chi connectivity index (χ0n) is 8.66. The predicted molar refractivity (Wildman–Crippen MR) is 57.1 cm³/mol. The Kier molecular flexibility index (Phi) is 4.00. The molecule has 74 valence electrons. The van der Waals surface area contributed by atoms with E-state index in [0.717, 1.165) is 12.0 Å². The highest BCUT2D eigenvalue weighted by atomic mass is 16.5. The van der Waals surface area contributed by atoms with Crippen LogP contribution in [0.3, 0.4) is 0 Å². The van der Waals surface area contributed by atoms with E-state index < -0.39 is 0 Å². The van der Waals surface area contributed by atoms with E-state index in [1.54, 1.807) is 12.3 Å². The molecule has 1 aromatic heterocycles. The largest absolute Gasteiger partial charge is 0.477 e. The molecule has 0 fully saturated rings. The van der Waals surface area contributed by atoms with Crippen molar-refractivity contribution in [3.8, 4) is 18.2 Å². The second-order valence-corrected chi connectivity index (χ2v) is 3.35. The lowest BCUT2D eigenvalue weighted by atomic mass is 10.1. The van der Waals surface area contributed by atoms with Gasteiger partial charge in [-0.15, -0.1) is 6.42 Å². The van der Waals surface area contributed by atoms with Gasteiger partial charge in [-0.05, 0) is 12.0 Å². The van der Waals surface area contributed by atoms with Crippen LogP contribution in [0.1, 0.15) is 25.8 Å². The van der Waals surface area contributed by atoms with Gasteiger partial charge < -0.3 is 4.74 Å². The van der Waals surface area contributed by atoms with Gasteiger partial charge in [0.1, 0.15) is 0 Å². The van der Waals surface area contributed by atoms with Crippen LogP contribution in [-0.2, 0) is 0 Å². The average Bonchev–Trinajstić information content (AvgIpc) is 2.26. The molecular formula is C12H15NO. The van der Waals surface area contributed by atoms with Crippen molar-refractivity contribution in [1.82, 2.24) is 4.98 Å². The van der Waals surface area contributed by atoms with Crippen LogP contribution in [0.25, 0.3) is 0 Å². The van der Waals surface area contributed by atoms with Crippen molar-refractivity contribution in [2.75, 3.05) is 6.61 Å². The van der Waals surface area contributed by atoms with Crippen molar-refractivity contribution in [1.29, 1.82) is 0 Å². The number of nitrogens with zero attached hydrogens (tertiary/aromatic N) is 1. The highest BCUT2D eigenvalue weighted by Crippen LogP contribution is 2.09. The zero-order valence-corrected chi connectivity index (χ0v) is 8.66. The summed E-state index contributed by atoms with van der Waals surface area (Å²) in [5.74, 6) is 3.71. The molecule has 1 atom stereocenters. The van der Waals surface area contributed by atoms with Crippen LogP contribution in [0.5, 0.6) is 5.88 Å². The van der Waals surface area contributed by atoms with Crippen LogP contribution in [0.4, 0.5) is 0 Å². The molecule has 0 N–H and O–H groups in total. The quantitative estimate of drug-likeness (QED) is 0.679. The van der Waals surface area contributed by atoms with Gasteiger partial charge in [-0.25, -0.2) is 4.98 Å². The Bertz CT molecular complexity index is 310. The number of hydrogen-bond donors (Lipinski definition) is 0. The van der Waals surface area contributed by atoms with Crippen LogP contribution in [0.15, 0.2) is 18.3 Å². The van der Waals surface area contributed by atoms with Gasteiger partial charge in [-0.3, -0.25) is 0 Å². The Labute approximate surface area is 85.3 Å². The predicted octanol–water partition coefficient (Wildman–Crippen LogP) is 2.49. The molecule has 0 aliphatic heterocycles. The average molecular weight is 189 g/mol. The fourth-order valence-corrected chi connectivity index (χ4v) is 0.897. The second-order valence-electron chi connectivity index (χ2n) is 3.35. The highest BCUT2D eigenvalue weighted by molar-refractivity contribution is 5.31. The van der Waals surface area contributed by atoms with Crippen molar-refractivity contribution < 1.29 is 4.74 Å². The standard InChI is InChI=1S/C12H15NO/c1-4-10(3)9-14-12-7-6-11(5-2)8-13-12/h2,6-8,10H,4,9H2,1,3H3/t10-/m0/s1. The maximum Gasteiger partial charge on any atom is 0.213 e. The van der Waals surface area contributed by atoms with Crippen molar-refractivity contribution in [3.63, 3.8) is 0 Å². The molecule has 0 aliphatic carbocycles. The van der Waals surface area contributed by atoms with Crippen LogP contribution in [0, 0.1) is 18.3 Å². The molecular weight excluding hydrogens is 174 g/mol. The summed E-state index contributed by atoms with van der Waals surface area (Å²) in [5.41, 5.74) is 0.779. The summed E-state index contributed by atoms with van der Waals surface area (Å²) in [4.78, 5) is 4.09. The molecule has 0 bridgehead atoms. The fraction of sp³-hybridized carbons (Fsp3) is 0.417. The van der Waals surface area contributed by atoms with Gasteiger partial charge in [-0.2, -0.15) is 0 Å². The van der Waals surface area contributed by atoms with E-state index in [0.29, 0.717) is 18.4 Å². The van der Waals surface area contributed by atoms with E-state index in [2.05, 4.69) is 24.8 Å². The minimum atomic E-state index is 0.559. The summed E-state index contributed by atoms with van der Waals surface area (Å²) in [6.07, 6.45) is 7.97. The van der Waals surface area contributed by atoms with Gasteiger partial charge in [-0.1, -0.05) is 26.2 Å². The molecule has 2 nitrogen and oxygen atoms in total. The van der Waals surface area contributed by atoms with Gasteiger partial charge in [0.2, 0.25) is 5.88 Å². The van der Waals surface area contributed by atoms with E-state index in [4.69, 9.17) is 11.2 Å². The molecule has 0 saturated carbocycles. The molecule has 0 aromatic carbocycles. The molecule has 0 aliphatic rings. The highest BCUT2D eigenvalue weighted by Gasteiger charge is 2.00. The van der Waals surface area contributed by atoms with E-state index in [9.17, 15) is 0 Å². The van der Waals surface area contributed by atoms with Gasteiger partial charge >= 0.3 is 0 Å². The normalized spacial score (nSPS) is 11.8. The summed E-state index contributed by atoms with van der Waals surface area (Å²) in [5, 5.41) is 0. The Morgan fingerprint density at radius 1 is 1.57 bits per heavy atom. The van der Waals surface area contributed by atoms with E-state index in [1.807, 2.05) is 6.07 Å². The van der Waals surface area contributed by atoms with Gasteiger partial charge in [0.05, 0.1) is 6.61 Å². The molecule has 1 rings (SSSR count). The summed E-state index contributed by atoms with van der Waals surface area (Å²) >= 11 is 0. The van der Waals surface area contributed by atoms with E-state index >= 15 is 0 Å². The molecule has 1 aromatic rings. The van der Waals surface area contributed by atoms with Crippen LogP contribution in [-0.4, -0.2) is 11.6 Å². The number of terminal acetylenes is 1. The summed E-state index contributed by atoms with van der Waals surface area (Å²) < 4.78 is 5.48. The summed E-state index contributed by atoms with van der Waals surface area (Å²) in [6.45, 7) is 5.00. The van der Waals surface area contributed by atoms with Gasteiger partial charge in [0, 0.05) is 17.8 Å². The summed E-state index contributed by atoms with van der Waals surface area (Å²) in [7, 11) is 0. The maximum atomic E-state index is 5.48. The topological polar surface area (TPSA) is 22.1 Å². The van der Waals surface area contributed by atoms with Crippen LogP contribution in [0.2, 0.25) is 0 Å². The van der Waals surface area contributed by atoms with Gasteiger partial charge in [0.15, 0.2) is 0 Å². The first-order chi connectivity index (χ1) is 6.76. The zero-order chi connectivity index (χ0) is 10.4. The Balaban J connectivity index is 2.49.